The van der Waals surface area contributed by atoms with Crippen LogP contribution in [-0.2, 0) is 4.79 Å². The lowest BCUT2D eigenvalue weighted by Crippen LogP contribution is -2.60. The molecule has 0 bridgehead atoms. The van der Waals surface area contributed by atoms with Crippen LogP contribution in [0.15, 0.2) is 46.5 Å². The predicted octanol–water partition coefficient (Wildman–Crippen LogP) is 4.79. The van der Waals surface area contributed by atoms with Gasteiger partial charge in [0.25, 0.3) is 0 Å². The van der Waals surface area contributed by atoms with E-state index in [9.17, 15) is 9.18 Å². The molecule has 1 amide bonds. The van der Waals surface area contributed by atoms with Crippen LogP contribution in [0.1, 0.15) is 28.3 Å². The molecule has 1 aliphatic carbocycles. The van der Waals surface area contributed by atoms with Crippen molar-refractivity contribution in [3.8, 4) is 0 Å². The number of anilines is 4. The van der Waals surface area contributed by atoms with E-state index in [0.717, 1.165) is 23.4 Å². The predicted molar refractivity (Wildman–Crippen MR) is 127 cm³/mol. The highest BCUT2D eigenvalue weighted by Crippen LogP contribution is 2.48. The van der Waals surface area contributed by atoms with Crippen LogP contribution in [0.3, 0.4) is 0 Å². The Bertz CT molecular complexity index is 1170. The van der Waals surface area contributed by atoms with Gasteiger partial charge in [-0.2, -0.15) is 5.10 Å². The number of halogens is 1. The molecule has 3 N–H and O–H groups in total. The molecule has 10 heteroatoms. The van der Waals surface area contributed by atoms with Crippen LogP contribution >= 0.6 is 11.8 Å². The molecule has 0 atom stereocenters. The largest absolute Gasteiger partial charge is 0.350 e. The summed E-state index contributed by atoms with van der Waals surface area (Å²) in [6, 6.07) is 11.2. The topological polar surface area (TPSA) is 98.8 Å². The molecule has 1 saturated heterocycles. The van der Waals surface area contributed by atoms with E-state index in [0.29, 0.717) is 41.4 Å². The molecule has 8 nitrogen and oxygen atoms in total. The van der Waals surface area contributed by atoms with Crippen molar-refractivity contribution in [2.45, 2.75) is 42.4 Å². The van der Waals surface area contributed by atoms with Gasteiger partial charge in [0.15, 0.2) is 11.0 Å². The van der Waals surface area contributed by atoms with Gasteiger partial charge in [-0.15, -0.1) is 0 Å². The lowest BCUT2D eigenvalue weighted by molar-refractivity contribution is -0.114. The number of aromatic amines is 1. The zero-order valence-corrected chi connectivity index (χ0v) is 18.7. The molecule has 3 aromatic rings. The maximum Gasteiger partial charge on any atom is 0.221 e. The highest BCUT2D eigenvalue weighted by molar-refractivity contribution is 7.99. The Morgan fingerprint density at radius 2 is 2.06 bits per heavy atom. The standard InChI is InChI=1S/C22H24FN7OS.2H2/c1-13-8-19(29-28-13)25-18-10-20(30-11-22(23,12-30)15-6-7-15)27-21(26-18)32-17-5-3-4-16(9-17)24-14(2)31;;/h3-5,8-10,15H,6-7,11-12H2,1-2H3,(H,24,31)(H2,25,26,27,28,29);2*1H. The molecule has 2 aromatic heterocycles. The van der Waals surface area contributed by atoms with E-state index in [2.05, 4.69) is 30.8 Å². The van der Waals surface area contributed by atoms with Crippen molar-refractivity contribution in [1.29, 1.82) is 0 Å². The lowest BCUT2D eigenvalue weighted by atomic mass is 9.91. The number of benzene rings is 1. The fraction of sp³-hybridized carbons (Fsp3) is 0.364. The van der Waals surface area contributed by atoms with Crippen molar-refractivity contribution in [1.82, 2.24) is 20.2 Å². The number of hydrogen-bond acceptors (Lipinski definition) is 7. The molecular formula is C22H28FN7OS. The van der Waals surface area contributed by atoms with Gasteiger partial charge in [0.05, 0.1) is 13.1 Å². The molecule has 2 aliphatic rings. The third-order valence-electron chi connectivity index (χ3n) is 5.56. The second kappa shape index (κ2) is 8.09. The van der Waals surface area contributed by atoms with Gasteiger partial charge in [0.2, 0.25) is 5.91 Å². The molecule has 1 aromatic carbocycles. The van der Waals surface area contributed by atoms with Gasteiger partial charge >= 0.3 is 0 Å². The van der Waals surface area contributed by atoms with Crippen molar-refractivity contribution in [3.05, 3.63) is 42.1 Å². The number of nitrogens with one attached hydrogen (secondary N) is 3. The number of rotatable bonds is 7. The minimum absolute atomic E-state index is 0. The van der Waals surface area contributed by atoms with Gasteiger partial charge in [-0.25, -0.2) is 14.4 Å². The number of aryl methyl sites for hydroxylation is 1. The van der Waals surface area contributed by atoms with E-state index in [1.54, 1.807) is 0 Å². The summed E-state index contributed by atoms with van der Waals surface area (Å²) in [4.78, 5) is 23.5. The van der Waals surface area contributed by atoms with Gasteiger partial charge in [-0.3, -0.25) is 9.89 Å². The smallest absolute Gasteiger partial charge is 0.221 e. The van der Waals surface area contributed by atoms with Crippen molar-refractivity contribution < 1.29 is 12.0 Å². The Balaban J connectivity index is 0.00000162. The van der Waals surface area contributed by atoms with Crippen LogP contribution in [0.5, 0.6) is 0 Å². The van der Waals surface area contributed by atoms with Gasteiger partial charge < -0.3 is 15.5 Å². The summed E-state index contributed by atoms with van der Waals surface area (Å²) < 4.78 is 14.9. The first-order valence-corrected chi connectivity index (χ1v) is 11.4. The maximum atomic E-state index is 14.9. The molecule has 2 fully saturated rings. The first-order chi connectivity index (χ1) is 15.4. The van der Waals surface area contributed by atoms with Crippen LogP contribution in [0.25, 0.3) is 0 Å². The van der Waals surface area contributed by atoms with Gasteiger partial charge in [-0.05, 0) is 55.6 Å². The van der Waals surface area contributed by atoms with E-state index in [1.807, 2.05) is 48.2 Å². The molecule has 170 valence electrons. The van der Waals surface area contributed by atoms with Crippen LogP contribution in [0, 0.1) is 12.8 Å². The van der Waals surface area contributed by atoms with E-state index in [1.165, 1.54) is 18.7 Å². The number of amides is 1. The second-order valence-electron chi connectivity index (χ2n) is 8.43. The van der Waals surface area contributed by atoms with Crippen molar-refractivity contribution in [2.75, 3.05) is 28.6 Å². The summed E-state index contributed by atoms with van der Waals surface area (Å²) in [5.74, 6) is 1.98. The second-order valence-corrected chi connectivity index (χ2v) is 9.47. The fourth-order valence-electron chi connectivity index (χ4n) is 3.85. The number of carbonyl (C=O) groups excluding carboxylic acids is 1. The third kappa shape index (κ3) is 4.55. The Labute approximate surface area is 192 Å². The molecule has 3 heterocycles. The van der Waals surface area contributed by atoms with Gasteiger partial charge in [-0.1, -0.05) is 6.07 Å². The molecule has 0 radical (unpaired) electrons. The number of alkyl halides is 1. The van der Waals surface area contributed by atoms with Crippen LogP contribution < -0.4 is 15.5 Å². The minimum Gasteiger partial charge on any atom is -0.350 e. The summed E-state index contributed by atoms with van der Waals surface area (Å²) in [6.07, 6.45) is 1.95. The zero-order valence-electron chi connectivity index (χ0n) is 17.9. The van der Waals surface area contributed by atoms with Crippen molar-refractivity contribution in [3.63, 3.8) is 0 Å². The molecule has 0 spiro atoms. The summed E-state index contributed by atoms with van der Waals surface area (Å²) in [5, 5.41) is 13.6. The SMILES string of the molecule is CC(=O)Nc1cccc(Sc2nc(Nc3cc(C)[nH]n3)cc(N3CC(F)(C4CC4)C3)n2)c1.[HH].[HH]. The number of carbonyl (C=O) groups is 1. The highest BCUT2D eigenvalue weighted by atomic mass is 32.2. The van der Waals surface area contributed by atoms with E-state index < -0.39 is 5.67 Å². The quantitative estimate of drug-likeness (QED) is 0.439. The summed E-state index contributed by atoms with van der Waals surface area (Å²) in [7, 11) is 0. The number of aromatic nitrogens is 4. The van der Waals surface area contributed by atoms with Crippen molar-refractivity contribution >= 4 is 40.8 Å². The molecular weight excluding hydrogens is 429 g/mol. The molecule has 5 rings (SSSR count). The minimum atomic E-state index is -1.10. The number of hydrogen-bond donors (Lipinski definition) is 3. The van der Waals surface area contributed by atoms with E-state index in [4.69, 9.17) is 0 Å². The average Bonchev–Trinajstić information content (AvgIpc) is 3.48. The summed E-state index contributed by atoms with van der Waals surface area (Å²) in [5.41, 5.74) is 0.539. The lowest BCUT2D eigenvalue weighted by Gasteiger charge is -2.45. The normalized spacial score (nSPS) is 17.0. The molecule has 1 aliphatic heterocycles. The van der Waals surface area contributed by atoms with E-state index in [-0.39, 0.29) is 14.7 Å². The van der Waals surface area contributed by atoms with Crippen LogP contribution in [-0.4, -0.2) is 44.8 Å². The Morgan fingerprint density at radius 3 is 2.75 bits per heavy atom. The average molecular weight is 458 g/mol. The maximum absolute atomic E-state index is 14.9. The molecule has 1 saturated carbocycles. The van der Waals surface area contributed by atoms with Crippen molar-refractivity contribution in [2.24, 2.45) is 5.92 Å². The monoisotopic (exact) mass is 457 g/mol. The van der Waals surface area contributed by atoms with E-state index >= 15 is 0 Å². The van der Waals surface area contributed by atoms with Crippen LogP contribution in [0.2, 0.25) is 0 Å². The van der Waals surface area contributed by atoms with Gasteiger partial charge in [0, 0.05) is 38.2 Å². The van der Waals surface area contributed by atoms with Gasteiger partial charge in [0.1, 0.15) is 17.3 Å². The van der Waals surface area contributed by atoms with Crippen LogP contribution in [0.4, 0.5) is 27.5 Å². The Morgan fingerprint density at radius 1 is 1.25 bits per heavy atom. The fourth-order valence-corrected chi connectivity index (χ4v) is 4.68. The summed E-state index contributed by atoms with van der Waals surface area (Å²) in [6.45, 7) is 4.11. The first-order valence-electron chi connectivity index (χ1n) is 10.5. The highest BCUT2D eigenvalue weighted by Gasteiger charge is 2.54. The zero-order chi connectivity index (χ0) is 22.3. The molecule has 32 heavy (non-hydrogen) atoms. The molecule has 0 unspecified atom stereocenters. The number of H-pyrrole nitrogens is 1. The first kappa shape index (κ1) is 20.7. The Hall–Kier alpha value is -3.14. The number of nitrogens with zero attached hydrogens (tertiary/aromatic N) is 4. The summed E-state index contributed by atoms with van der Waals surface area (Å²) >= 11 is 1.38. The third-order valence-corrected chi connectivity index (χ3v) is 6.41. The Kier molecular flexibility index (Phi) is 5.24.